The molecule has 5 nitrogen and oxygen atoms in total. The van der Waals surface area contributed by atoms with E-state index < -0.39 is 13.5 Å². The fourth-order valence-corrected chi connectivity index (χ4v) is 13.9. The predicted octanol–water partition coefficient (Wildman–Crippen LogP) is 10.4. The van der Waals surface area contributed by atoms with Gasteiger partial charge in [0.25, 0.3) is 0 Å². The minimum atomic E-state index is -1.27. The van der Waals surface area contributed by atoms with Crippen molar-refractivity contribution in [2.45, 2.75) is 164 Å². The second-order valence-corrected chi connectivity index (χ2v) is 26.5. The van der Waals surface area contributed by atoms with Gasteiger partial charge in [0, 0.05) is 18.9 Å². The fraction of sp³-hybridized carbons (Fsp3) is 0.881. The van der Waals surface area contributed by atoms with Gasteiger partial charge in [0.2, 0.25) is 0 Å². The highest BCUT2D eigenvalue weighted by molar-refractivity contribution is 6.76. The first-order valence-electron chi connectivity index (χ1n) is 19.5. The lowest BCUT2D eigenvalue weighted by Crippen LogP contribution is -2.66. The molecular formula is C42H70O5Si. The van der Waals surface area contributed by atoms with Gasteiger partial charge in [0.05, 0.1) is 19.4 Å². The summed E-state index contributed by atoms with van der Waals surface area (Å²) in [6.07, 6.45) is 12.9. The molecule has 5 aliphatic carbocycles. The molecule has 5 rings (SSSR count). The van der Waals surface area contributed by atoms with Crippen molar-refractivity contribution >= 4 is 26.3 Å². The van der Waals surface area contributed by atoms with E-state index in [2.05, 4.69) is 67.8 Å². The summed E-state index contributed by atoms with van der Waals surface area (Å²) < 4.78 is 11.9. The number of esters is 2. The summed E-state index contributed by atoms with van der Waals surface area (Å²) in [6.45, 7) is 30.5. The van der Waals surface area contributed by atoms with Crippen LogP contribution in [0.25, 0.3) is 0 Å². The molecule has 48 heavy (non-hydrogen) atoms. The Morgan fingerprint density at radius 2 is 1.50 bits per heavy atom. The van der Waals surface area contributed by atoms with Crippen molar-refractivity contribution in [3.63, 3.8) is 0 Å². The van der Waals surface area contributed by atoms with Crippen LogP contribution in [0.3, 0.4) is 0 Å². The van der Waals surface area contributed by atoms with Crippen LogP contribution in [-0.4, -0.2) is 39.0 Å². The molecule has 6 heteroatoms. The number of aldehydes is 1. The molecule has 0 amide bonds. The van der Waals surface area contributed by atoms with Crippen LogP contribution in [0, 0.1) is 62.1 Å². The largest absolute Gasteiger partial charge is 0.466 e. The zero-order valence-corrected chi connectivity index (χ0v) is 33.7. The summed E-state index contributed by atoms with van der Waals surface area (Å²) in [5.41, 5.74) is 1.13. The van der Waals surface area contributed by atoms with Crippen LogP contribution in [0.1, 0.15) is 132 Å². The zero-order chi connectivity index (χ0) is 35.7. The Balaban J connectivity index is 1.28. The smallest absolute Gasteiger partial charge is 0.306 e. The molecule has 5 aliphatic rings. The quantitative estimate of drug-likeness (QED) is 0.0993. The highest BCUT2D eigenvalue weighted by Gasteiger charge is 2.71. The maximum absolute atomic E-state index is 13.5. The SMILES string of the molecule is C=C(C)[C@@H]1CC[C@]2(C=O)CC[C@]3(C)[C@H](CC[C@@H]4[C@@]5(C)CC[C@H](OC(=O)CC(C)(C)CC(=O)OCC[Si](C)(C)C)C(C)(C)[C@@H]5CC[C@]43C)[C@@H]12. The molecule has 0 aromatic rings. The minimum Gasteiger partial charge on any atom is -0.466 e. The number of rotatable bonds is 10. The summed E-state index contributed by atoms with van der Waals surface area (Å²) in [6, 6.07) is 0.953. The van der Waals surface area contributed by atoms with E-state index in [1.807, 2.05) is 13.8 Å². The number of carbonyl (C=O) groups excluding carboxylic acids is 3. The maximum Gasteiger partial charge on any atom is 0.306 e. The normalized spacial score (nSPS) is 42.0. The van der Waals surface area contributed by atoms with Gasteiger partial charge in [-0.2, -0.15) is 0 Å². The van der Waals surface area contributed by atoms with Crippen LogP contribution in [0.4, 0.5) is 0 Å². The average Bonchev–Trinajstić information content (AvgIpc) is 3.34. The molecule has 0 heterocycles. The molecule has 0 unspecified atom stereocenters. The highest BCUT2D eigenvalue weighted by Crippen LogP contribution is 2.77. The van der Waals surface area contributed by atoms with Crippen molar-refractivity contribution in [1.82, 2.24) is 0 Å². The zero-order valence-electron chi connectivity index (χ0n) is 32.7. The summed E-state index contributed by atoms with van der Waals surface area (Å²) in [5.74, 6) is 2.20. The molecule has 5 fully saturated rings. The van der Waals surface area contributed by atoms with Crippen molar-refractivity contribution in [3.8, 4) is 0 Å². The summed E-state index contributed by atoms with van der Waals surface area (Å²) in [4.78, 5) is 38.9. The Bertz CT molecular complexity index is 1280. The number of hydrogen-bond acceptors (Lipinski definition) is 5. The second kappa shape index (κ2) is 12.7. The van der Waals surface area contributed by atoms with Gasteiger partial charge in [-0.1, -0.05) is 80.3 Å². The number of hydrogen-bond donors (Lipinski definition) is 0. The second-order valence-electron chi connectivity index (χ2n) is 20.9. The van der Waals surface area contributed by atoms with Crippen molar-refractivity contribution in [3.05, 3.63) is 12.2 Å². The standard InChI is InChI=1S/C42H70O5Si/c1-28(2)29-15-20-42(27-43)22-21-40(8)30(36(29)42)13-14-32-39(7)18-17-33(38(5,6)31(39)16-19-41(32,40)9)47-35(45)26-37(3,4)25-34(44)46-23-24-48(10,11)12/h27,29-33,36H,1,13-26H2,2-12H3/t29-,30+,31-,32+,33-,36+,39-,40+,41+,42+/m0/s1. The number of ether oxygens (including phenoxy) is 2. The van der Waals surface area contributed by atoms with E-state index in [9.17, 15) is 14.4 Å². The monoisotopic (exact) mass is 682 g/mol. The van der Waals surface area contributed by atoms with Gasteiger partial charge in [-0.3, -0.25) is 9.59 Å². The Labute approximate surface area is 294 Å². The molecule has 0 spiro atoms. The van der Waals surface area contributed by atoms with Crippen molar-refractivity contribution in [2.24, 2.45) is 62.1 Å². The third-order valence-corrected chi connectivity index (χ3v) is 17.6. The Hall–Kier alpha value is -1.43. The molecule has 5 saturated carbocycles. The van der Waals surface area contributed by atoms with E-state index in [1.54, 1.807) is 0 Å². The van der Waals surface area contributed by atoms with Gasteiger partial charge < -0.3 is 14.3 Å². The van der Waals surface area contributed by atoms with E-state index in [-0.39, 0.29) is 58.0 Å². The molecule has 0 aliphatic heterocycles. The number of fused-ring (bicyclic) bond motifs is 7. The molecular weight excluding hydrogens is 613 g/mol. The maximum atomic E-state index is 13.5. The summed E-state index contributed by atoms with van der Waals surface area (Å²) >= 11 is 0. The van der Waals surface area contributed by atoms with E-state index in [1.165, 1.54) is 31.1 Å². The lowest BCUT2D eigenvalue weighted by atomic mass is 9.32. The van der Waals surface area contributed by atoms with Crippen LogP contribution in [0.15, 0.2) is 12.2 Å². The molecule has 10 atom stereocenters. The van der Waals surface area contributed by atoms with Crippen LogP contribution >= 0.6 is 0 Å². The van der Waals surface area contributed by atoms with Crippen molar-refractivity contribution in [2.75, 3.05) is 6.61 Å². The highest BCUT2D eigenvalue weighted by atomic mass is 28.3. The average molecular weight is 683 g/mol. The lowest BCUT2D eigenvalue weighted by Gasteiger charge is -2.72. The molecule has 272 valence electrons. The molecule has 0 saturated heterocycles. The van der Waals surface area contributed by atoms with Crippen LogP contribution in [0.2, 0.25) is 25.7 Å². The van der Waals surface area contributed by atoms with Gasteiger partial charge in [-0.25, -0.2) is 0 Å². The Morgan fingerprint density at radius 1 is 0.833 bits per heavy atom. The topological polar surface area (TPSA) is 69.7 Å². The van der Waals surface area contributed by atoms with Gasteiger partial charge in [0.1, 0.15) is 12.4 Å². The van der Waals surface area contributed by atoms with Crippen molar-refractivity contribution < 1.29 is 23.9 Å². The van der Waals surface area contributed by atoms with Crippen molar-refractivity contribution in [1.29, 1.82) is 0 Å². The lowest BCUT2D eigenvalue weighted by molar-refractivity contribution is -0.248. The Morgan fingerprint density at radius 3 is 2.12 bits per heavy atom. The first kappa shape index (κ1) is 37.8. The van der Waals surface area contributed by atoms with E-state index in [0.29, 0.717) is 36.2 Å². The van der Waals surface area contributed by atoms with Gasteiger partial charge in [-0.15, -0.1) is 0 Å². The van der Waals surface area contributed by atoms with Crippen LogP contribution in [0.5, 0.6) is 0 Å². The van der Waals surface area contributed by atoms with Gasteiger partial charge in [-0.05, 0) is 128 Å². The summed E-state index contributed by atoms with van der Waals surface area (Å²) in [7, 11) is -1.27. The van der Waals surface area contributed by atoms with E-state index in [0.717, 1.165) is 51.0 Å². The van der Waals surface area contributed by atoms with E-state index >= 15 is 0 Å². The first-order chi connectivity index (χ1) is 22.1. The fourth-order valence-electron chi connectivity index (χ4n) is 13.2. The number of carbonyl (C=O) groups is 3. The third-order valence-electron chi connectivity index (χ3n) is 15.9. The van der Waals surface area contributed by atoms with Gasteiger partial charge >= 0.3 is 11.9 Å². The molecule has 0 aromatic heterocycles. The van der Waals surface area contributed by atoms with E-state index in [4.69, 9.17) is 9.47 Å². The number of allylic oxidation sites excluding steroid dienone is 1. The van der Waals surface area contributed by atoms with Gasteiger partial charge in [0.15, 0.2) is 0 Å². The van der Waals surface area contributed by atoms with Crippen LogP contribution < -0.4 is 0 Å². The minimum absolute atomic E-state index is 0.114. The molecule has 0 aromatic carbocycles. The first-order valence-corrected chi connectivity index (χ1v) is 23.2. The summed E-state index contributed by atoms with van der Waals surface area (Å²) in [5, 5.41) is 0. The predicted molar refractivity (Wildman–Crippen MR) is 197 cm³/mol. The van der Waals surface area contributed by atoms with Crippen LogP contribution in [-0.2, 0) is 23.9 Å². The third kappa shape index (κ3) is 6.33. The molecule has 0 bridgehead atoms. The molecule has 0 N–H and O–H groups in total. The Kier molecular flexibility index (Phi) is 9.97. The molecule has 0 radical (unpaired) electrons.